The van der Waals surface area contributed by atoms with E-state index in [0.717, 1.165) is 11.6 Å². The van der Waals surface area contributed by atoms with E-state index in [1.807, 2.05) is 30.3 Å². The molecule has 37 heavy (non-hydrogen) atoms. The molecule has 2 atom stereocenters. The summed E-state index contributed by atoms with van der Waals surface area (Å²) in [5.41, 5.74) is 1.88. The molecule has 3 aromatic carbocycles. The molecule has 3 aromatic rings. The molecule has 192 valence electrons. The van der Waals surface area contributed by atoms with Crippen molar-refractivity contribution in [3.8, 4) is 0 Å². The van der Waals surface area contributed by atoms with Crippen LogP contribution in [-0.2, 0) is 23.9 Å². The van der Waals surface area contributed by atoms with Crippen molar-refractivity contribution in [3.05, 3.63) is 101 Å². The Morgan fingerprint density at radius 3 is 2.49 bits per heavy atom. The number of hydrogen-bond acceptors (Lipinski definition) is 3. The van der Waals surface area contributed by atoms with E-state index in [4.69, 9.17) is 4.74 Å². The summed E-state index contributed by atoms with van der Waals surface area (Å²) in [6.45, 7) is 1.20. The van der Waals surface area contributed by atoms with Crippen molar-refractivity contribution in [2.45, 2.75) is 31.3 Å². The monoisotopic (exact) mass is 509 g/mol. The molecular formula is C28H26F3N3O3. The minimum Gasteiger partial charge on any atom is -0.375 e. The average Bonchev–Trinajstić information content (AvgIpc) is 3.17. The Labute approximate surface area is 212 Å². The minimum absolute atomic E-state index is 0.0350. The molecule has 2 heterocycles. The van der Waals surface area contributed by atoms with Gasteiger partial charge in [-0.1, -0.05) is 54.6 Å². The molecule has 1 saturated heterocycles. The van der Waals surface area contributed by atoms with E-state index in [9.17, 15) is 22.8 Å². The highest BCUT2D eigenvalue weighted by Crippen LogP contribution is 2.37. The van der Waals surface area contributed by atoms with E-state index in [1.54, 1.807) is 35.0 Å². The van der Waals surface area contributed by atoms with E-state index in [0.29, 0.717) is 36.6 Å². The summed E-state index contributed by atoms with van der Waals surface area (Å²) in [6, 6.07) is 19.0. The highest BCUT2D eigenvalue weighted by molar-refractivity contribution is 6.00. The fraction of sp³-hybridized carbons (Fsp3) is 0.286. The van der Waals surface area contributed by atoms with Crippen LogP contribution in [0.3, 0.4) is 0 Å². The maximum Gasteiger partial charge on any atom is 0.416 e. The van der Waals surface area contributed by atoms with E-state index in [2.05, 4.69) is 5.32 Å². The molecule has 0 saturated carbocycles. The lowest BCUT2D eigenvalue weighted by Gasteiger charge is -2.29. The largest absolute Gasteiger partial charge is 0.416 e. The molecule has 1 N–H and O–H groups in total. The molecule has 0 aliphatic carbocycles. The quantitative estimate of drug-likeness (QED) is 0.498. The molecule has 3 amide bonds. The zero-order chi connectivity index (χ0) is 26.2. The number of hydrogen-bond donors (Lipinski definition) is 1. The number of ether oxygens (including phenoxy) is 1. The first-order valence-corrected chi connectivity index (χ1v) is 12.0. The molecule has 0 spiro atoms. The van der Waals surface area contributed by atoms with Crippen LogP contribution in [0, 0.1) is 0 Å². The lowest BCUT2D eigenvalue weighted by atomic mass is 9.88. The van der Waals surface area contributed by atoms with E-state index < -0.39 is 23.7 Å². The van der Waals surface area contributed by atoms with Gasteiger partial charge in [-0.05, 0) is 41.3 Å². The molecule has 9 heteroatoms. The lowest BCUT2D eigenvalue weighted by molar-refractivity contribution is -0.138. The van der Waals surface area contributed by atoms with Crippen LogP contribution in [0.25, 0.3) is 0 Å². The molecule has 1 unspecified atom stereocenters. The normalized spacial score (nSPS) is 19.7. The van der Waals surface area contributed by atoms with Gasteiger partial charge in [0.1, 0.15) is 0 Å². The van der Waals surface area contributed by atoms with Crippen LogP contribution in [0.15, 0.2) is 72.8 Å². The predicted molar refractivity (Wildman–Crippen MR) is 132 cm³/mol. The van der Waals surface area contributed by atoms with Crippen LogP contribution in [0.4, 0.5) is 23.7 Å². The van der Waals surface area contributed by atoms with Crippen LogP contribution in [-0.4, -0.2) is 43.1 Å². The fourth-order valence-corrected chi connectivity index (χ4v) is 4.90. The molecule has 0 aromatic heterocycles. The number of fused-ring (bicyclic) bond motifs is 1. The van der Waals surface area contributed by atoms with Crippen molar-refractivity contribution < 1.29 is 27.5 Å². The van der Waals surface area contributed by atoms with E-state index in [1.165, 1.54) is 18.2 Å². The summed E-state index contributed by atoms with van der Waals surface area (Å²) in [6.07, 6.45) is -4.30. The van der Waals surface area contributed by atoms with Crippen LogP contribution in [0.2, 0.25) is 0 Å². The number of amides is 3. The zero-order valence-corrected chi connectivity index (χ0v) is 20.2. The topological polar surface area (TPSA) is 61.9 Å². The molecule has 6 nitrogen and oxygen atoms in total. The molecule has 0 bridgehead atoms. The maximum atomic E-state index is 13.5. The maximum absolute atomic E-state index is 13.5. The number of anilines is 1. The van der Waals surface area contributed by atoms with Crippen molar-refractivity contribution in [3.63, 3.8) is 0 Å². The van der Waals surface area contributed by atoms with Gasteiger partial charge in [0.2, 0.25) is 0 Å². The minimum atomic E-state index is -4.52. The molecule has 5 rings (SSSR count). The standard InChI is InChI=1S/C28H26F3N3O3/c1-33-21(17-37-16-18-7-3-2-4-8-18)15-34(27(33)36)20-12-11-19-13-25(32-26(35)23(19)14-20)22-9-5-6-10-24(22)28(29,30)31/h2-12,14,21,25H,13,15-17H2,1H3,(H,32,35)/t21-,25?/m1/s1. The lowest BCUT2D eigenvalue weighted by Crippen LogP contribution is -2.37. The van der Waals surface area contributed by atoms with Gasteiger partial charge in [-0.25, -0.2) is 4.79 Å². The number of alkyl halides is 3. The number of urea groups is 1. The Bertz CT molecular complexity index is 1310. The van der Waals surface area contributed by atoms with E-state index >= 15 is 0 Å². The van der Waals surface area contributed by atoms with Gasteiger partial charge in [0.15, 0.2) is 0 Å². The number of nitrogens with zero attached hydrogens (tertiary/aromatic N) is 2. The number of halogens is 3. The third-order valence-corrected chi connectivity index (χ3v) is 6.92. The van der Waals surface area contributed by atoms with Crippen molar-refractivity contribution in [1.29, 1.82) is 0 Å². The van der Waals surface area contributed by atoms with Crippen LogP contribution in [0.1, 0.15) is 38.7 Å². The Morgan fingerprint density at radius 1 is 1.00 bits per heavy atom. The highest BCUT2D eigenvalue weighted by Gasteiger charge is 2.38. The molecular weight excluding hydrogens is 483 g/mol. The first-order valence-electron chi connectivity index (χ1n) is 12.0. The van der Waals surface area contributed by atoms with Gasteiger partial charge in [-0.2, -0.15) is 13.2 Å². The van der Waals surface area contributed by atoms with Crippen molar-refractivity contribution in [1.82, 2.24) is 10.2 Å². The SMILES string of the molecule is CN1C(=O)N(c2ccc3c(c2)C(=O)NC(c2ccccc2C(F)(F)F)C3)C[C@@H]1COCc1ccccc1. The van der Waals surface area contributed by atoms with Crippen molar-refractivity contribution in [2.75, 3.05) is 25.1 Å². The summed E-state index contributed by atoms with van der Waals surface area (Å²) < 4.78 is 46.4. The molecule has 2 aliphatic rings. The first kappa shape index (κ1) is 24.8. The highest BCUT2D eigenvalue weighted by atomic mass is 19.4. The average molecular weight is 510 g/mol. The smallest absolute Gasteiger partial charge is 0.375 e. The Hall–Kier alpha value is -3.85. The van der Waals surface area contributed by atoms with Crippen molar-refractivity contribution in [2.24, 2.45) is 0 Å². The molecule has 0 radical (unpaired) electrons. The van der Waals surface area contributed by atoms with Gasteiger partial charge in [0.25, 0.3) is 5.91 Å². The van der Waals surface area contributed by atoms with Gasteiger partial charge < -0.3 is 15.0 Å². The van der Waals surface area contributed by atoms with Gasteiger partial charge in [0, 0.05) is 18.3 Å². The van der Waals surface area contributed by atoms with Gasteiger partial charge in [-0.15, -0.1) is 0 Å². The zero-order valence-electron chi connectivity index (χ0n) is 20.2. The Kier molecular flexibility index (Phi) is 6.64. The number of likely N-dealkylation sites (N-methyl/N-ethyl adjacent to an activating group) is 1. The third-order valence-electron chi connectivity index (χ3n) is 6.92. The summed E-state index contributed by atoms with van der Waals surface area (Å²) >= 11 is 0. The second-order valence-electron chi connectivity index (χ2n) is 9.32. The summed E-state index contributed by atoms with van der Waals surface area (Å²) in [5, 5.41) is 2.72. The second kappa shape index (κ2) is 9.89. The fourth-order valence-electron chi connectivity index (χ4n) is 4.90. The molecule has 1 fully saturated rings. The summed E-state index contributed by atoms with van der Waals surface area (Å²) in [5.74, 6) is -0.465. The number of benzene rings is 3. The van der Waals surface area contributed by atoms with Gasteiger partial charge in [0.05, 0.1) is 37.4 Å². The van der Waals surface area contributed by atoms with Crippen molar-refractivity contribution >= 4 is 17.6 Å². The van der Waals surface area contributed by atoms with Crippen LogP contribution >= 0.6 is 0 Å². The predicted octanol–water partition coefficient (Wildman–Crippen LogP) is 5.19. The number of carbonyl (C=O) groups excluding carboxylic acids is 2. The molecule has 2 aliphatic heterocycles. The second-order valence-corrected chi connectivity index (χ2v) is 9.32. The van der Waals surface area contributed by atoms with Gasteiger partial charge >= 0.3 is 12.2 Å². The van der Waals surface area contributed by atoms with Gasteiger partial charge in [-0.3, -0.25) is 9.69 Å². The summed E-state index contributed by atoms with van der Waals surface area (Å²) in [7, 11) is 1.71. The van der Waals surface area contributed by atoms with E-state index in [-0.39, 0.29) is 24.1 Å². The van der Waals surface area contributed by atoms with Crippen LogP contribution < -0.4 is 10.2 Å². The number of rotatable bonds is 6. The first-order chi connectivity index (χ1) is 17.7. The Morgan fingerprint density at radius 2 is 1.73 bits per heavy atom. The van der Waals surface area contributed by atoms with Crippen LogP contribution in [0.5, 0.6) is 0 Å². The Balaban J connectivity index is 1.30. The third kappa shape index (κ3) is 5.04. The number of nitrogens with one attached hydrogen (secondary N) is 1. The summed E-state index contributed by atoms with van der Waals surface area (Å²) in [4.78, 5) is 29.1. The number of carbonyl (C=O) groups is 2.